The number of amides is 1. The Kier molecular flexibility index (Phi) is 5.97. The monoisotopic (exact) mass is 392 g/mol. The van der Waals surface area contributed by atoms with E-state index >= 15 is 0 Å². The number of aryl methyl sites for hydroxylation is 3. The topological polar surface area (TPSA) is 85.4 Å². The number of nitrogens with zero attached hydrogens (tertiary/aromatic N) is 2. The Labute approximate surface area is 170 Å². The predicted molar refractivity (Wildman–Crippen MR) is 113 cm³/mol. The molecule has 150 valence electrons. The van der Waals surface area contributed by atoms with Gasteiger partial charge in [-0.3, -0.25) is 4.79 Å². The standard InChI is InChI=1S/C22H24N4O3/c1-13-10-14(2)20(15(3)11-13)26-22-23-9-8-17(25-22)21(27)24-18-12-16(28-4)6-7-19(18)29-5/h6-12H,1-5H3,(H,24,27)(H,23,25,26). The molecule has 3 rings (SSSR count). The smallest absolute Gasteiger partial charge is 0.274 e. The second kappa shape index (κ2) is 8.60. The van der Waals surface area contributed by atoms with Crippen LogP contribution in [0.1, 0.15) is 27.2 Å². The second-order valence-corrected chi connectivity index (χ2v) is 6.68. The van der Waals surface area contributed by atoms with Crippen LogP contribution in [-0.2, 0) is 0 Å². The molecular formula is C22H24N4O3. The van der Waals surface area contributed by atoms with E-state index in [9.17, 15) is 4.79 Å². The number of anilines is 3. The average Bonchev–Trinajstić information content (AvgIpc) is 2.70. The van der Waals surface area contributed by atoms with Crippen molar-refractivity contribution >= 4 is 23.2 Å². The van der Waals surface area contributed by atoms with Crippen molar-refractivity contribution in [2.24, 2.45) is 0 Å². The number of aromatic nitrogens is 2. The van der Waals surface area contributed by atoms with Gasteiger partial charge in [0.2, 0.25) is 5.95 Å². The van der Waals surface area contributed by atoms with E-state index in [4.69, 9.17) is 9.47 Å². The van der Waals surface area contributed by atoms with Gasteiger partial charge in [-0.15, -0.1) is 0 Å². The summed E-state index contributed by atoms with van der Waals surface area (Å²) in [6, 6.07) is 10.9. The maximum Gasteiger partial charge on any atom is 0.274 e. The fourth-order valence-electron chi connectivity index (χ4n) is 3.13. The number of carbonyl (C=O) groups excluding carboxylic acids is 1. The maximum absolute atomic E-state index is 12.7. The van der Waals surface area contributed by atoms with E-state index in [1.807, 2.05) is 13.8 Å². The molecule has 0 spiro atoms. The summed E-state index contributed by atoms with van der Waals surface area (Å²) < 4.78 is 10.5. The highest BCUT2D eigenvalue weighted by Crippen LogP contribution is 2.29. The molecule has 0 unspecified atom stereocenters. The van der Waals surface area contributed by atoms with Crippen LogP contribution in [0.15, 0.2) is 42.6 Å². The Morgan fingerprint density at radius 2 is 1.69 bits per heavy atom. The number of hydrogen-bond acceptors (Lipinski definition) is 6. The van der Waals surface area contributed by atoms with Crippen LogP contribution in [0.5, 0.6) is 11.5 Å². The zero-order valence-corrected chi connectivity index (χ0v) is 17.2. The molecule has 7 nitrogen and oxygen atoms in total. The molecule has 1 amide bonds. The summed E-state index contributed by atoms with van der Waals surface area (Å²) in [7, 11) is 3.10. The first kappa shape index (κ1) is 20.1. The summed E-state index contributed by atoms with van der Waals surface area (Å²) >= 11 is 0. The van der Waals surface area contributed by atoms with Crippen LogP contribution in [0, 0.1) is 20.8 Å². The third-order valence-electron chi connectivity index (χ3n) is 4.46. The molecule has 7 heteroatoms. The summed E-state index contributed by atoms with van der Waals surface area (Å²) in [6.07, 6.45) is 1.55. The van der Waals surface area contributed by atoms with Crippen molar-refractivity contribution in [3.05, 3.63) is 65.0 Å². The first-order chi connectivity index (χ1) is 13.9. The van der Waals surface area contributed by atoms with E-state index in [2.05, 4.69) is 39.7 Å². The van der Waals surface area contributed by atoms with Crippen molar-refractivity contribution in [3.8, 4) is 11.5 Å². The van der Waals surface area contributed by atoms with Crippen molar-refractivity contribution in [3.63, 3.8) is 0 Å². The number of ether oxygens (including phenoxy) is 2. The Morgan fingerprint density at radius 3 is 2.34 bits per heavy atom. The van der Waals surface area contributed by atoms with Crippen molar-refractivity contribution in [1.29, 1.82) is 0 Å². The molecule has 0 aliphatic heterocycles. The molecule has 0 aliphatic carbocycles. The highest BCUT2D eigenvalue weighted by Gasteiger charge is 2.14. The van der Waals surface area contributed by atoms with Crippen LogP contribution in [0.3, 0.4) is 0 Å². The second-order valence-electron chi connectivity index (χ2n) is 6.68. The lowest BCUT2D eigenvalue weighted by Gasteiger charge is -2.14. The number of methoxy groups -OCH3 is 2. The molecule has 0 saturated carbocycles. The molecule has 0 atom stereocenters. The van der Waals surface area contributed by atoms with Crippen molar-refractivity contribution < 1.29 is 14.3 Å². The minimum Gasteiger partial charge on any atom is -0.497 e. The molecule has 0 saturated heterocycles. The Morgan fingerprint density at radius 1 is 0.966 bits per heavy atom. The van der Waals surface area contributed by atoms with E-state index in [-0.39, 0.29) is 11.6 Å². The molecule has 29 heavy (non-hydrogen) atoms. The Balaban J connectivity index is 1.84. The fourth-order valence-corrected chi connectivity index (χ4v) is 3.13. The third kappa shape index (κ3) is 4.63. The number of nitrogens with one attached hydrogen (secondary N) is 2. The summed E-state index contributed by atoms with van der Waals surface area (Å²) in [5.74, 6) is 1.11. The lowest BCUT2D eigenvalue weighted by molar-refractivity contribution is 0.102. The van der Waals surface area contributed by atoms with Crippen molar-refractivity contribution in [2.45, 2.75) is 20.8 Å². The largest absolute Gasteiger partial charge is 0.497 e. The fraction of sp³-hybridized carbons (Fsp3) is 0.227. The van der Waals surface area contributed by atoms with Gasteiger partial charge in [0.25, 0.3) is 5.91 Å². The number of rotatable bonds is 6. The highest BCUT2D eigenvalue weighted by atomic mass is 16.5. The summed E-state index contributed by atoms with van der Waals surface area (Å²) in [6.45, 7) is 6.10. The molecule has 3 aromatic rings. The zero-order chi connectivity index (χ0) is 21.0. The molecule has 0 aliphatic rings. The van der Waals surface area contributed by atoms with E-state index in [0.29, 0.717) is 23.1 Å². The van der Waals surface area contributed by atoms with Crippen molar-refractivity contribution in [2.75, 3.05) is 24.9 Å². The number of hydrogen-bond donors (Lipinski definition) is 2. The third-order valence-corrected chi connectivity index (χ3v) is 4.46. The van der Waals surface area contributed by atoms with E-state index < -0.39 is 0 Å². The Hall–Kier alpha value is -3.61. The zero-order valence-electron chi connectivity index (χ0n) is 17.2. The highest BCUT2D eigenvalue weighted by molar-refractivity contribution is 6.04. The minimum absolute atomic E-state index is 0.231. The molecule has 0 radical (unpaired) electrons. The average molecular weight is 392 g/mol. The maximum atomic E-state index is 12.7. The van der Waals surface area contributed by atoms with Gasteiger partial charge < -0.3 is 20.1 Å². The quantitative estimate of drug-likeness (QED) is 0.646. The first-order valence-electron chi connectivity index (χ1n) is 9.12. The summed E-state index contributed by atoms with van der Waals surface area (Å²) in [4.78, 5) is 21.3. The summed E-state index contributed by atoms with van der Waals surface area (Å²) in [5.41, 5.74) is 5.02. The molecule has 2 aromatic carbocycles. The van der Waals surface area contributed by atoms with E-state index in [1.54, 1.807) is 37.6 Å². The van der Waals surface area contributed by atoms with Crippen LogP contribution in [0.4, 0.5) is 17.3 Å². The Bertz CT molecular complexity index is 1030. The molecule has 0 bridgehead atoms. The molecule has 2 N–H and O–H groups in total. The summed E-state index contributed by atoms with van der Waals surface area (Å²) in [5, 5.41) is 6.03. The van der Waals surface area contributed by atoms with Crippen molar-refractivity contribution in [1.82, 2.24) is 9.97 Å². The van der Waals surface area contributed by atoms with E-state index in [1.165, 1.54) is 12.7 Å². The van der Waals surface area contributed by atoms with Gasteiger partial charge in [-0.25, -0.2) is 9.97 Å². The minimum atomic E-state index is -0.376. The van der Waals surface area contributed by atoms with Gasteiger partial charge in [0.15, 0.2) is 0 Å². The predicted octanol–water partition coefficient (Wildman–Crippen LogP) is 4.41. The lowest BCUT2D eigenvalue weighted by atomic mass is 10.1. The van der Waals surface area contributed by atoms with Crippen LogP contribution in [0.25, 0.3) is 0 Å². The van der Waals surface area contributed by atoms with Crippen LogP contribution >= 0.6 is 0 Å². The molecule has 0 fully saturated rings. The first-order valence-corrected chi connectivity index (χ1v) is 9.12. The van der Waals surface area contributed by atoms with Gasteiger partial charge in [0.05, 0.1) is 19.9 Å². The normalized spacial score (nSPS) is 10.4. The molecule has 1 aromatic heterocycles. The van der Waals surface area contributed by atoms with Gasteiger partial charge in [-0.2, -0.15) is 0 Å². The molecular weight excluding hydrogens is 368 g/mol. The SMILES string of the molecule is COc1ccc(OC)c(NC(=O)c2ccnc(Nc3c(C)cc(C)cc3C)n2)c1. The van der Waals surface area contributed by atoms with E-state index in [0.717, 1.165) is 16.8 Å². The van der Waals surface area contributed by atoms with Crippen LogP contribution in [0.2, 0.25) is 0 Å². The van der Waals surface area contributed by atoms with Gasteiger partial charge >= 0.3 is 0 Å². The van der Waals surface area contributed by atoms with Crippen LogP contribution < -0.4 is 20.1 Å². The number of carbonyl (C=O) groups is 1. The van der Waals surface area contributed by atoms with Gasteiger partial charge in [-0.1, -0.05) is 17.7 Å². The van der Waals surface area contributed by atoms with Gasteiger partial charge in [0.1, 0.15) is 17.2 Å². The van der Waals surface area contributed by atoms with Gasteiger partial charge in [0, 0.05) is 18.0 Å². The van der Waals surface area contributed by atoms with Crippen LogP contribution in [-0.4, -0.2) is 30.1 Å². The number of benzene rings is 2. The molecule has 1 heterocycles. The van der Waals surface area contributed by atoms with Gasteiger partial charge in [-0.05, 0) is 50.1 Å². The lowest BCUT2D eigenvalue weighted by Crippen LogP contribution is -2.15.